The summed E-state index contributed by atoms with van der Waals surface area (Å²) in [7, 11) is 17.1. The molecular weight excluding hydrogens is 659 g/mol. The first-order chi connectivity index (χ1) is 20.7. The minimum atomic E-state index is -4.92. The average molecular weight is 693 g/mol. The van der Waals surface area contributed by atoms with Crippen LogP contribution < -0.4 is 5.19 Å². The van der Waals surface area contributed by atoms with Gasteiger partial charge in [-0.2, -0.15) is 0 Å². The SMILES string of the molecule is CC1=Cc2c(-c3ccccc3)cccc2[CH]1[Zr]([Cl])([Cl])(=[SiH]c1ccc(C)cc1)[CH]1C(C)=Cc2c(-c3ccccc3)cccc21. The number of hydrogen-bond acceptors (Lipinski definition) is 0. The Morgan fingerprint density at radius 1 is 0.512 bits per heavy atom. The van der Waals surface area contributed by atoms with E-state index in [0.29, 0.717) is 0 Å². The summed E-state index contributed by atoms with van der Waals surface area (Å²) in [6.45, 7) is 6.67. The average Bonchev–Trinajstić information content (AvgIpc) is 3.56. The molecule has 0 spiro atoms. The molecule has 0 aliphatic heterocycles. The minimum absolute atomic E-state index is 0.0272. The third kappa shape index (κ3) is 4.92. The van der Waals surface area contributed by atoms with Crippen molar-refractivity contribution in [2.24, 2.45) is 0 Å². The number of aryl methyl sites for hydroxylation is 1. The van der Waals surface area contributed by atoms with Crippen LogP contribution in [-0.4, -0.2) is 6.16 Å². The van der Waals surface area contributed by atoms with Crippen molar-refractivity contribution in [2.45, 2.75) is 28.0 Å². The predicted molar refractivity (Wildman–Crippen MR) is 186 cm³/mol. The number of halogens is 2. The zero-order chi connectivity index (χ0) is 29.8. The molecule has 0 amide bonds. The second-order valence-corrected chi connectivity index (χ2v) is 47.0. The Labute approximate surface area is 264 Å². The fraction of sp³-hybridized carbons (Fsp3) is 0.128. The van der Waals surface area contributed by atoms with Crippen molar-refractivity contribution < 1.29 is 15.0 Å². The van der Waals surface area contributed by atoms with E-state index in [0.717, 1.165) is 0 Å². The summed E-state index contributed by atoms with van der Waals surface area (Å²) >= 11 is -4.92. The summed E-state index contributed by atoms with van der Waals surface area (Å²) in [6.07, 6.45) is 4.38. The van der Waals surface area contributed by atoms with Gasteiger partial charge in [0.15, 0.2) is 0 Å². The quantitative estimate of drug-likeness (QED) is 0.161. The van der Waals surface area contributed by atoms with Crippen LogP contribution in [0.2, 0.25) is 0 Å². The molecule has 2 aliphatic carbocycles. The molecule has 212 valence electrons. The van der Waals surface area contributed by atoms with E-state index in [1.165, 1.54) is 66.4 Å². The van der Waals surface area contributed by atoms with E-state index in [1.807, 2.05) is 0 Å². The Bertz CT molecular complexity index is 1880. The molecule has 0 saturated heterocycles. The molecule has 0 fully saturated rings. The van der Waals surface area contributed by atoms with Gasteiger partial charge < -0.3 is 0 Å². The molecule has 0 N–H and O–H groups in total. The van der Waals surface area contributed by atoms with Gasteiger partial charge in [0, 0.05) is 0 Å². The van der Waals surface area contributed by atoms with Gasteiger partial charge in [-0.3, -0.25) is 0 Å². The molecule has 0 aromatic heterocycles. The molecule has 2 unspecified atom stereocenters. The molecule has 0 bridgehead atoms. The Kier molecular flexibility index (Phi) is 7.42. The first-order valence-corrected chi connectivity index (χ1v) is 29.6. The maximum absolute atomic E-state index is 8.55. The van der Waals surface area contributed by atoms with Gasteiger partial charge in [0.05, 0.1) is 0 Å². The monoisotopic (exact) mass is 690 g/mol. The van der Waals surface area contributed by atoms with Crippen molar-refractivity contribution in [3.05, 3.63) is 160 Å². The van der Waals surface area contributed by atoms with Crippen LogP contribution in [0.25, 0.3) is 34.4 Å². The molecule has 0 saturated carbocycles. The molecule has 0 heterocycles. The van der Waals surface area contributed by atoms with Crippen LogP contribution in [0.5, 0.6) is 0 Å². The number of rotatable bonds is 5. The second-order valence-electron chi connectivity index (χ2n) is 12.3. The van der Waals surface area contributed by atoms with E-state index in [-0.39, 0.29) is 13.4 Å². The van der Waals surface area contributed by atoms with Gasteiger partial charge in [-0.1, -0.05) is 0 Å². The number of benzene rings is 5. The van der Waals surface area contributed by atoms with E-state index >= 15 is 0 Å². The van der Waals surface area contributed by atoms with Gasteiger partial charge in [-0.05, 0) is 0 Å². The summed E-state index contributed by atoms with van der Waals surface area (Å²) in [5.41, 5.74) is 14.0. The number of hydrogen-bond donors (Lipinski definition) is 0. The van der Waals surface area contributed by atoms with Crippen LogP contribution in [0, 0.1) is 6.92 Å². The van der Waals surface area contributed by atoms with Gasteiger partial charge in [0.25, 0.3) is 0 Å². The van der Waals surface area contributed by atoms with E-state index in [2.05, 4.69) is 154 Å². The summed E-state index contributed by atoms with van der Waals surface area (Å²) in [5.74, 6) is 0. The van der Waals surface area contributed by atoms with Crippen LogP contribution in [-0.2, 0) is 15.0 Å². The molecule has 4 heteroatoms. The van der Waals surface area contributed by atoms with Gasteiger partial charge >= 0.3 is 266 Å². The molecular formula is C39H34Cl2SiZr. The molecule has 2 atom stereocenters. The van der Waals surface area contributed by atoms with Gasteiger partial charge in [0.1, 0.15) is 0 Å². The van der Waals surface area contributed by atoms with Gasteiger partial charge in [0.2, 0.25) is 0 Å². The second kappa shape index (κ2) is 11.0. The Morgan fingerprint density at radius 3 is 1.40 bits per heavy atom. The fourth-order valence-corrected chi connectivity index (χ4v) is 43.8. The summed E-state index contributed by atoms with van der Waals surface area (Å²) < 4.78 is 0.0545. The zero-order valence-electron chi connectivity index (χ0n) is 24.7. The zero-order valence-corrected chi connectivity index (χ0v) is 29.8. The fourth-order valence-electron chi connectivity index (χ4n) is 7.62. The molecule has 0 nitrogen and oxygen atoms in total. The topological polar surface area (TPSA) is 0 Å². The van der Waals surface area contributed by atoms with Crippen molar-refractivity contribution in [3.8, 4) is 22.3 Å². The first kappa shape index (κ1) is 29.0. The molecule has 5 aromatic rings. The Hall–Kier alpha value is -2.74. The predicted octanol–water partition coefficient (Wildman–Crippen LogP) is 10.6. The number of fused-ring (bicyclic) bond motifs is 2. The third-order valence-electron chi connectivity index (χ3n) is 9.35. The van der Waals surface area contributed by atoms with E-state index < -0.39 is 15.0 Å². The number of allylic oxidation sites excluding steroid dienone is 2. The van der Waals surface area contributed by atoms with Crippen molar-refractivity contribution >= 4 is 40.5 Å². The van der Waals surface area contributed by atoms with Gasteiger partial charge in [-0.15, -0.1) is 0 Å². The maximum atomic E-state index is 8.55. The Morgan fingerprint density at radius 2 is 0.953 bits per heavy atom. The van der Waals surface area contributed by atoms with Crippen LogP contribution in [0.15, 0.2) is 132 Å². The van der Waals surface area contributed by atoms with Crippen molar-refractivity contribution in [2.75, 3.05) is 0 Å². The molecule has 7 rings (SSSR count). The van der Waals surface area contributed by atoms with Crippen molar-refractivity contribution in [1.82, 2.24) is 0 Å². The van der Waals surface area contributed by atoms with Crippen molar-refractivity contribution in [3.63, 3.8) is 0 Å². The van der Waals surface area contributed by atoms with Crippen molar-refractivity contribution in [1.29, 1.82) is 0 Å². The van der Waals surface area contributed by atoms with Crippen LogP contribution >= 0.6 is 17.0 Å². The molecule has 5 aromatic carbocycles. The molecule has 43 heavy (non-hydrogen) atoms. The van der Waals surface area contributed by atoms with E-state index in [1.54, 1.807) is 0 Å². The summed E-state index contributed by atoms with van der Waals surface area (Å²) in [6, 6.07) is 43.8. The van der Waals surface area contributed by atoms with E-state index in [9.17, 15) is 0 Å². The van der Waals surface area contributed by atoms with Crippen LogP contribution in [0.1, 0.15) is 48.9 Å². The third-order valence-corrected chi connectivity index (χ3v) is 39.3. The van der Waals surface area contributed by atoms with E-state index in [4.69, 9.17) is 17.0 Å². The molecule has 2 aliphatic rings. The Balaban J connectivity index is 1.50. The van der Waals surface area contributed by atoms with Gasteiger partial charge in [-0.25, -0.2) is 0 Å². The van der Waals surface area contributed by atoms with Crippen LogP contribution in [0.3, 0.4) is 0 Å². The standard InChI is InChI=1S/2C16H13.C7H8Si.2ClH.Zr/c2*1-12-10-14-8-5-9-15(16(14)11-12)13-6-3-2-4-7-13;1-6-2-4-7(8)5-3-6;;;/h2*2-11H,1H3;2-5,8H,1H3;2*1H;/q;;;;;+2/p-2. The normalized spacial score (nSPS) is 17.6. The molecule has 0 radical (unpaired) electrons. The summed E-state index contributed by atoms with van der Waals surface area (Å²) in [5, 5.41) is 1.31. The van der Waals surface area contributed by atoms with Crippen LogP contribution in [0.4, 0.5) is 0 Å². The summed E-state index contributed by atoms with van der Waals surface area (Å²) in [4.78, 5) is 0. The first-order valence-electron chi connectivity index (χ1n) is 15.0.